The fraction of sp³-hybridized carbons (Fsp3) is 0.789. The highest BCUT2D eigenvalue weighted by atomic mass is 16.5. The Morgan fingerprint density at radius 3 is 2.64 bits per heavy atom. The van der Waals surface area contributed by atoms with Gasteiger partial charge in [-0.15, -0.1) is 0 Å². The number of carbonyl (C=O) groups excluding carboxylic acids is 1. The van der Waals surface area contributed by atoms with E-state index in [-0.39, 0.29) is 11.4 Å². The Morgan fingerprint density at radius 1 is 1.28 bits per heavy atom. The zero-order valence-corrected chi connectivity index (χ0v) is 15.5. The summed E-state index contributed by atoms with van der Waals surface area (Å²) in [4.78, 5) is 17.5. The number of methoxy groups -OCH3 is 1. The minimum absolute atomic E-state index is 0.128. The summed E-state index contributed by atoms with van der Waals surface area (Å²) in [5.41, 5.74) is 0.995. The molecule has 1 aromatic heterocycles. The standard InChI is InChI=1S/C19H30N4O2/c1-21-13-16(11-20-21)18(24)22-9-7-19(8-10-22)6-5-17(14-25-2)23(19)12-15-3-4-15/h11,13,15,17H,3-10,12,14H2,1-2H3/t17-/m1/s1. The molecule has 2 aliphatic heterocycles. The summed E-state index contributed by atoms with van der Waals surface area (Å²) in [7, 11) is 3.67. The molecule has 1 saturated carbocycles. The molecule has 138 valence electrons. The first-order valence-electron chi connectivity index (χ1n) is 9.65. The maximum absolute atomic E-state index is 12.7. The van der Waals surface area contributed by atoms with Gasteiger partial charge in [0.15, 0.2) is 0 Å². The van der Waals surface area contributed by atoms with Crippen molar-refractivity contribution < 1.29 is 9.53 Å². The Balaban J connectivity index is 1.43. The molecule has 0 bridgehead atoms. The molecule has 1 aliphatic carbocycles. The number of carbonyl (C=O) groups is 1. The molecule has 1 amide bonds. The number of aromatic nitrogens is 2. The van der Waals surface area contributed by atoms with E-state index >= 15 is 0 Å². The van der Waals surface area contributed by atoms with Gasteiger partial charge in [-0.05, 0) is 44.4 Å². The van der Waals surface area contributed by atoms with Gasteiger partial charge in [0, 0.05) is 51.6 Å². The van der Waals surface area contributed by atoms with E-state index in [2.05, 4.69) is 10.00 Å². The number of piperidine rings is 1. The summed E-state index contributed by atoms with van der Waals surface area (Å²) in [5.74, 6) is 1.02. The van der Waals surface area contributed by atoms with Crippen LogP contribution in [0.25, 0.3) is 0 Å². The number of nitrogens with zero attached hydrogens (tertiary/aromatic N) is 4. The lowest BCUT2D eigenvalue weighted by Gasteiger charge is -2.46. The van der Waals surface area contributed by atoms with E-state index < -0.39 is 0 Å². The largest absolute Gasteiger partial charge is 0.383 e. The molecule has 1 spiro atoms. The van der Waals surface area contributed by atoms with Crippen molar-refractivity contribution in [3.05, 3.63) is 18.0 Å². The number of likely N-dealkylation sites (tertiary alicyclic amines) is 2. The minimum atomic E-state index is 0.128. The van der Waals surface area contributed by atoms with Crippen LogP contribution in [-0.2, 0) is 11.8 Å². The monoisotopic (exact) mass is 346 g/mol. The van der Waals surface area contributed by atoms with E-state index in [9.17, 15) is 4.79 Å². The third-order valence-corrected chi connectivity index (χ3v) is 6.44. The van der Waals surface area contributed by atoms with E-state index in [1.807, 2.05) is 25.3 Å². The van der Waals surface area contributed by atoms with Crippen molar-refractivity contribution in [2.75, 3.05) is 33.4 Å². The predicted molar refractivity (Wildman–Crippen MR) is 95.4 cm³/mol. The van der Waals surface area contributed by atoms with Crippen LogP contribution in [0, 0.1) is 5.92 Å². The molecule has 0 aromatic carbocycles. The summed E-state index contributed by atoms with van der Waals surface area (Å²) < 4.78 is 7.19. The summed E-state index contributed by atoms with van der Waals surface area (Å²) in [6.07, 6.45) is 10.9. The number of amides is 1. The molecule has 0 N–H and O–H groups in total. The minimum Gasteiger partial charge on any atom is -0.383 e. The molecule has 6 heteroatoms. The average Bonchev–Trinajstić information content (AvgIpc) is 3.26. The van der Waals surface area contributed by atoms with Gasteiger partial charge in [-0.1, -0.05) is 0 Å². The smallest absolute Gasteiger partial charge is 0.257 e. The van der Waals surface area contributed by atoms with Crippen molar-refractivity contribution in [3.63, 3.8) is 0 Å². The van der Waals surface area contributed by atoms with Crippen molar-refractivity contribution in [2.24, 2.45) is 13.0 Å². The van der Waals surface area contributed by atoms with Crippen LogP contribution in [0.4, 0.5) is 0 Å². The second-order valence-electron chi connectivity index (χ2n) is 8.16. The van der Waals surface area contributed by atoms with Gasteiger partial charge in [0.2, 0.25) is 0 Å². The highest BCUT2D eigenvalue weighted by Gasteiger charge is 2.49. The molecule has 4 rings (SSSR count). The maximum Gasteiger partial charge on any atom is 0.257 e. The van der Waals surface area contributed by atoms with Gasteiger partial charge in [-0.2, -0.15) is 5.10 Å². The Labute approximate surface area is 150 Å². The molecule has 3 fully saturated rings. The van der Waals surface area contributed by atoms with Gasteiger partial charge >= 0.3 is 0 Å². The topological polar surface area (TPSA) is 50.6 Å². The molecule has 6 nitrogen and oxygen atoms in total. The zero-order chi connectivity index (χ0) is 17.4. The molecule has 0 unspecified atom stereocenters. The van der Waals surface area contributed by atoms with Crippen molar-refractivity contribution >= 4 is 5.91 Å². The quantitative estimate of drug-likeness (QED) is 0.817. The van der Waals surface area contributed by atoms with Gasteiger partial charge in [0.25, 0.3) is 5.91 Å². The molecular formula is C19H30N4O2. The Hall–Kier alpha value is -1.40. The first-order valence-corrected chi connectivity index (χ1v) is 9.65. The van der Waals surface area contributed by atoms with Crippen LogP contribution in [0.5, 0.6) is 0 Å². The SMILES string of the molecule is COC[C@H]1CCC2(CCN(C(=O)c3cnn(C)c3)CC2)N1CC1CC1. The highest BCUT2D eigenvalue weighted by Crippen LogP contribution is 2.44. The number of aryl methyl sites for hydroxylation is 1. The molecule has 1 atom stereocenters. The lowest BCUT2D eigenvalue weighted by Crippen LogP contribution is -2.56. The number of hydrogen-bond donors (Lipinski definition) is 0. The van der Waals surface area contributed by atoms with E-state index in [1.54, 1.807) is 10.9 Å². The molecule has 2 saturated heterocycles. The molecule has 3 heterocycles. The number of hydrogen-bond acceptors (Lipinski definition) is 4. The Morgan fingerprint density at radius 2 is 2.04 bits per heavy atom. The first kappa shape index (κ1) is 17.0. The van der Waals surface area contributed by atoms with E-state index in [4.69, 9.17) is 4.74 Å². The maximum atomic E-state index is 12.7. The average molecular weight is 346 g/mol. The van der Waals surface area contributed by atoms with Crippen LogP contribution in [0.15, 0.2) is 12.4 Å². The normalized spacial score (nSPS) is 26.5. The highest BCUT2D eigenvalue weighted by molar-refractivity contribution is 5.93. The summed E-state index contributed by atoms with van der Waals surface area (Å²) in [5, 5.41) is 4.13. The van der Waals surface area contributed by atoms with E-state index in [0.29, 0.717) is 11.6 Å². The molecule has 3 aliphatic rings. The van der Waals surface area contributed by atoms with Gasteiger partial charge in [-0.25, -0.2) is 0 Å². The van der Waals surface area contributed by atoms with Gasteiger partial charge in [-0.3, -0.25) is 14.4 Å². The van der Waals surface area contributed by atoms with Crippen molar-refractivity contribution in [1.82, 2.24) is 19.6 Å². The van der Waals surface area contributed by atoms with Crippen molar-refractivity contribution in [3.8, 4) is 0 Å². The van der Waals surface area contributed by atoms with Crippen LogP contribution in [0.2, 0.25) is 0 Å². The van der Waals surface area contributed by atoms with Crippen molar-refractivity contribution in [1.29, 1.82) is 0 Å². The van der Waals surface area contributed by atoms with E-state index in [0.717, 1.165) is 38.5 Å². The predicted octanol–water partition coefficient (Wildman–Crippen LogP) is 1.92. The van der Waals surface area contributed by atoms with Crippen LogP contribution >= 0.6 is 0 Å². The molecule has 0 radical (unpaired) electrons. The van der Waals surface area contributed by atoms with Crippen LogP contribution in [0.3, 0.4) is 0 Å². The van der Waals surface area contributed by atoms with Gasteiger partial charge in [0.1, 0.15) is 0 Å². The summed E-state index contributed by atoms with van der Waals surface area (Å²) >= 11 is 0. The Kier molecular flexibility index (Phi) is 4.58. The summed E-state index contributed by atoms with van der Waals surface area (Å²) in [6.45, 7) is 3.78. The number of ether oxygens (including phenoxy) is 1. The van der Waals surface area contributed by atoms with Crippen LogP contribution in [-0.4, -0.2) is 70.4 Å². The lowest BCUT2D eigenvalue weighted by molar-refractivity contribution is 0.00912. The van der Waals surface area contributed by atoms with E-state index in [1.165, 1.54) is 32.2 Å². The van der Waals surface area contributed by atoms with Crippen LogP contribution in [0.1, 0.15) is 48.9 Å². The fourth-order valence-electron chi connectivity index (χ4n) is 4.79. The number of rotatable bonds is 5. The third kappa shape index (κ3) is 3.34. The lowest BCUT2D eigenvalue weighted by atomic mass is 9.84. The molecule has 25 heavy (non-hydrogen) atoms. The first-order chi connectivity index (χ1) is 12.1. The van der Waals surface area contributed by atoms with Gasteiger partial charge < -0.3 is 9.64 Å². The Bertz CT molecular complexity index is 617. The second-order valence-corrected chi connectivity index (χ2v) is 8.16. The van der Waals surface area contributed by atoms with Gasteiger partial charge in [0.05, 0.1) is 18.4 Å². The van der Waals surface area contributed by atoms with Crippen LogP contribution < -0.4 is 0 Å². The van der Waals surface area contributed by atoms with Crippen molar-refractivity contribution in [2.45, 2.75) is 50.1 Å². The third-order valence-electron chi connectivity index (χ3n) is 6.44. The molecule has 1 aromatic rings. The fourth-order valence-corrected chi connectivity index (χ4v) is 4.79. The summed E-state index contributed by atoms with van der Waals surface area (Å²) in [6, 6.07) is 0.561. The second kappa shape index (κ2) is 6.72. The zero-order valence-electron chi connectivity index (χ0n) is 15.5. The molecular weight excluding hydrogens is 316 g/mol.